The first-order chi connectivity index (χ1) is 11.3. The second kappa shape index (κ2) is 6.29. The highest BCUT2D eigenvalue weighted by Crippen LogP contribution is 2.34. The van der Waals surface area contributed by atoms with Crippen LogP contribution in [0, 0.1) is 5.92 Å². The number of rotatable bonds is 4. The minimum Gasteiger partial charge on any atom is -0.361 e. The van der Waals surface area contributed by atoms with Crippen molar-refractivity contribution in [2.45, 2.75) is 18.9 Å². The average molecular weight is 353 g/mol. The maximum atomic E-state index is 12.7. The summed E-state index contributed by atoms with van der Waals surface area (Å²) in [6.07, 6.45) is 6.37. The highest BCUT2D eigenvalue weighted by molar-refractivity contribution is 7.88. The van der Waals surface area contributed by atoms with Gasteiger partial charge in [0, 0.05) is 33.7 Å². The molecule has 1 unspecified atom stereocenters. The molecule has 1 aromatic heterocycles. The molecule has 0 aliphatic carbocycles. The first-order valence-corrected chi connectivity index (χ1v) is 9.87. The van der Waals surface area contributed by atoms with E-state index in [0.717, 1.165) is 24.4 Å². The van der Waals surface area contributed by atoms with Gasteiger partial charge in [-0.05, 0) is 12.8 Å². The summed E-state index contributed by atoms with van der Waals surface area (Å²) in [5.74, 6) is 0.540. The number of carbonyl (C=O) groups is 1. The van der Waals surface area contributed by atoms with Gasteiger partial charge in [-0.25, -0.2) is 17.7 Å². The minimum atomic E-state index is -3.20. The van der Waals surface area contributed by atoms with E-state index in [-0.39, 0.29) is 31.0 Å². The third kappa shape index (κ3) is 3.23. The molecule has 0 saturated carbocycles. The summed E-state index contributed by atoms with van der Waals surface area (Å²) in [5, 5.41) is 0. The van der Waals surface area contributed by atoms with E-state index >= 15 is 0 Å². The van der Waals surface area contributed by atoms with Crippen molar-refractivity contribution in [2.75, 3.05) is 44.9 Å². The molecule has 3 rings (SSSR count). The van der Waals surface area contributed by atoms with Crippen LogP contribution in [0.25, 0.3) is 0 Å². The van der Waals surface area contributed by atoms with Gasteiger partial charge in [0.2, 0.25) is 15.9 Å². The zero-order valence-electron chi connectivity index (χ0n) is 14.2. The molecule has 2 saturated heterocycles. The molecule has 132 valence electrons. The van der Waals surface area contributed by atoms with Crippen LogP contribution in [0.2, 0.25) is 0 Å². The molecule has 2 aliphatic heterocycles. The summed E-state index contributed by atoms with van der Waals surface area (Å²) < 4.78 is 24.3. The molecule has 1 atom stereocenters. The Balaban J connectivity index is 1.72. The van der Waals surface area contributed by atoms with Crippen LogP contribution in [0.5, 0.6) is 0 Å². The average Bonchev–Trinajstić information content (AvgIpc) is 2.93. The smallest absolute Gasteiger partial charge is 0.228 e. The van der Waals surface area contributed by atoms with E-state index < -0.39 is 10.0 Å². The van der Waals surface area contributed by atoms with Crippen molar-refractivity contribution in [1.82, 2.24) is 19.2 Å². The molecule has 0 aromatic carbocycles. The highest BCUT2D eigenvalue weighted by atomic mass is 32.2. The van der Waals surface area contributed by atoms with Crippen molar-refractivity contribution in [3.05, 3.63) is 18.1 Å². The highest BCUT2D eigenvalue weighted by Gasteiger charge is 2.42. The lowest BCUT2D eigenvalue weighted by atomic mass is 10.0. The maximum absolute atomic E-state index is 12.7. The minimum absolute atomic E-state index is 0.0226. The molecular weight excluding hydrogens is 330 g/mol. The van der Waals surface area contributed by atoms with E-state index in [1.54, 1.807) is 12.4 Å². The van der Waals surface area contributed by atoms with E-state index in [4.69, 9.17) is 0 Å². The van der Waals surface area contributed by atoms with E-state index in [9.17, 15) is 13.2 Å². The Bertz CT molecular complexity index is 730. The van der Waals surface area contributed by atoms with E-state index in [1.165, 1.54) is 10.6 Å². The lowest BCUT2D eigenvalue weighted by Crippen LogP contribution is -2.55. The predicted octanol–water partition coefficient (Wildman–Crippen LogP) is 0.0975. The number of likely N-dealkylation sites (tertiary alicyclic amines) is 1. The van der Waals surface area contributed by atoms with E-state index in [0.29, 0.717) is 6.54 Å². The Morgan fingerprint density at radius 1 is 1.29 bits per heavy atom. The molecule has 0 spiro atoms. The van der Waals surface area contributed by atoms with Crippen LogP contribution in [0.3, 0.4) is 0 Å². The number of anilines is 1. The number of hydrogen-bond donors (Lipinski definition) is 0. The zero-order chi connectivity index (χ0) is 17.5. The Hall–Kier alpha value is -1.74. The van der Waals surface area contributed by atoms with Gasteiger partial charge in [0.05, 0.1) is 36.3 Å². The summed E-state index contributed by atoms with van der Waals surface area (Å²) in [7, 11) is 0.602. The van der Waals surface area contributed by atoms with Gasteiger partial charge in [-0.1, -0.05) is 0 Å². The largest absolute Gasteiger partial charge is 0.361 e. The molecule has 2 aliphatic rings. The molecule has 0 N–H and O–H groups in total. The van der Waals surface area contributed by atoms with Crippen molar-refractivity contribution in [3.63, 3.8) is 0 Å². The molecule has 9 heteroatoms. The van der Waals surface area contributed by atoms with E-state index in [1.807, 2.05) is 23.9 Å². The summed E-state index contributed by atoms with van der Waals surface area (Å²) in [6, 6.07) is -0.0721. The van der Waals surface area contributed by atoms with Crippen LogP contribution in [0.4, 0.5) is 5.82 Å². The Labute approximate surface area is 142 Å². The Morgan fingerprint density at radius 2 is 2.00 bits per heavy atom. The van der Waals surface area contributed by atoms with Gasteiger partial charge < -0.3 is 9.80 Å². The number of carbonyl (C=O) groups excluding carboxylic acids is 1. The van der Waals surface area contributed by atoms with Gasteiger partial charge in [-0.15, -0.1) is 0 Å². The lowest BCUT2D eigenvalue weighted by molar-refractivity contribution is -0.140. The third-order valence-electron chi connectivity index (χ3n) is 4.64. The second-order valence-electron chi connectivity index (χ2n) is 6.66. The standard InChI is InChI=1S/C15H23N5O3S/c1-18(2)14-8-16-7-12(17-14)13-5-4-6-20(13)15(21)11-9-19(10-11)24(3,22)23/h7-8,11,13H,4-6,9-10H2,1-3H3. The molecule has 2 fully saturated rings. The molecule has 1 aromatic rings. The second-order valence-corrected chi connectivity index (χ2v) is 8.65. The van der Waals surface area contributed by atoms with Crippen molar-refractivity contribution in [1.29, 1.82) is 0 Å². The predicted molar refractivity (Wildman–Crippen MR) is 90.0 cm³/mol. The van der Waals surface area contributed by atoms with Crippen LogP contribution in [0.1, 0.15) is 24.6 Å². The van der Waals surface area contributed by atoms with Crippen molar-refractivity contribution < 1.29 is 13.2 Å². The van der Waals surface area contributed by atoms with Crippen molar-refractivity contribution in [3.8, 4) is 0 Å². The van der Waals surface area contributed by atoms with Gasteiger partial charge in [0.25, 0.3) is 0 Å². The van der Waals surface area contributed by atoms with Gasteiger partial charge in [0.1, 0.15) is 5.82 Å². The van der Waals surface area contributed by atoms with Crippen molar-refractivity contribution >= 4 is 21.7 Å². The summed E-state index contributed by atoms with van der Waals surface area (Å²) >= 11 is 0. The summed E-state index contributed by atoms with van der Waals surface area (Å²) in [4.78, 5) is 25.3. The molecule has 8 nitrogen and oxygen atoms in total. The zero-order valence-corrected chi connectivity index (χ0v) is 15.0. The lowest BCUT2D eigenvalue weighted by Gasteiger charge is -2.39. The summed E-state index contributed by atoms with van der Waals surface area (Å²) in [6.45, 7) is 1.25. The first kappa shape index (κ1) is 17.1. The van der Waals surface area contributed by atoms with Crippen molar-refractivity contribution in [2.24, 2.45) is 5.92 Å². The van der Waals surface area contributed by atoms with E-state index in [2.05, 4.69) is 9.97 Å². The normalized spacial score (nSPS) is 22.5. The number of sulfonamides is 1. The SMILES string of the molecule is CN(C)c1cncc(C2CCCN2C(=O)C2CN(S(C)(=O)=O)C2)n1. The number of amides is 1. The van der Waals surface area contributed by atoms with Crippen LogP contribution in [0.15, 0.2) is 12.4 Å². The van der Waals surface area contributed by atoms with Gasteiger partial charge in [-0.2, -0.15) is 0 Å². The molecular formula is C15H23N5O3S. The monoisotopic (exact) mass is 353 g/mol. The van der Waals surface area contributed by atoms with Crippen LogP contribution in [-0.2, 0) is 14.8 Å². The van der Waals surface area contributed by atoms with Gasteiger partial charge in [0.15, 0.2) is 0 Å². The molecule has 1 amide bonds. The number of nitrogens with zero attached hydrogens (tertiary/aromatic N) is 5. The number of aromatic nitrogens is 2. The quantitative estimate of drug-likeness (QED) is 0.763. The number of hydrogen-bond acceptors (Lipinski definition) is 6. The molecule has 24 heavy (non-hydrogen) atoms. The fraction of sp³-hybridized carbons (Fsp3) is 0.667. The first-order valence-electron chi connectivity index (χ1n) is 8.02. The van der Waals surface area contributed by atoms with Crippen LogP contribution in [-0.4, -0.2) is 73.5 Å². The molecule has 3 heterocycles. The van der Waals surface area contributed by atoms with Gasteiger partial charge >= 0.3 is 0 Å². The molecule has 0 radical (unpaired) electrons. The maximum Gasteiger partial charge on any atom is 0.228 e. The Morgan fingerprint density at radius 3 is 2.62 bits per heavy atom. The van der Waals surface area contributed by atoms with Crippen LogP contribution < -0.4 is 4.90 Å². The molecule has 0 bridgehead atoms. The third-order valence-corrected chi connectivity index (χ3v) is 5.88. The topological polar surface area (TPSA) is 86.7 Å². The summed E-state index contributed by atoms with van der Waals surface area (Å²) in [5.41, 5.74) is 0.798. The Kier molecular flexibility index (Phi) is 4.48. The fourth-order valence-corrected chi connectivity index (χ4v) is 4.09. The van der Waals surface area contributed by atoms with Crippen LogP contribution >= 0.6 is 0 Å². The van der Waals surface area contributed by atoms with Gasteiger partial charge in [-0.3, -0.25) is 9.78 Å². The fourth-order valence-electron chi connectivity index (χ4n) is 3.18.